The van der Waals surface area contributed by atoms with Crippen LogP contribution in [0.25, 0.3) is 0 Å². The van der Waals surface area contributed by atoms with E-state index in [2.05, 4.69) is 27.4 Å². The fourth-order valence-corrected chi connectivity index (χ4v) is 3.93. The van der Waals surface area contributed by atoms with Gasteiger partial charge in [-0.15, -0.1) is 11.3 Å². The van der Waals surface area contributed by atoms with Crippen molar-refractivity contribution in [1.29, 1.82) is 0 Å². The van der Waals surface area contributed by atoms with Crippen molar-refractivity contribution in [1.82, 2.24) is 14.8 Å². The highest BCUT2D eigenvalue weighted by Crippen LogP contribution is 2.18. The second kappa shape index (κ2) is 11.1. The summed E-state index contributed by atoms with van der Waals surface area (Å²) in [5, 5.41) is 4.93. The van der Waals surface area contributed by atoms with Crippen LogP contribution in [-0.2, 0) is 22.5 Å². The molecule has 0 aliphatic heterocycles. The van der Waals surface area contributed by atoms with Crippen LogP contribution >= 0.6 is 11.3 Å². The van der Waals surface area contributed by atoms with E-state index in [-0.39, 0.29) is 24.8 Å². The number of amides is 1. The summed E-state index contributed by atoms with van der Waals surface area (Å²) in [5.74, 6) is -0.0296. The molecule has 2 aromatic heterocycles. The maximum atomic E-state index is 12.8. The maximum Gasteiger partial charge on any atom is 0.234 e. The third-order valence-electron chi connectivity index (χ3n) is 4.71. The molecule has 0 spiro atoms. The summed E-state index contributed by atoms with van der Waals surface area (Å²) < 4.78 is 7.16. The highest BCUT2D eigenvalue weighted by atomic mass is 32.1. The molecule has 0 unspecified atom stereocenters. The lowest BCUT2D eigenvalue weighted by molar-refractivity contribution is -0.121. The lowest BCUT2D eigenvalue weighted by Crippen LogP contribution is -2.38. The number of aryl methyl sites for hydroxylation is 2. The Kier molecular flexibility index (Phi) is 8.89. The summed E-state index contributed by atoms with van der Waals surface area (Å²) in [5.41, 5.74) is 2.84. The number of methoxy groups -OCH3 is 1. The number of carbonyl (C=O) groups is 2. The monoisotopic (exact) mass is 405 g/mol. The number of hydrogen-bond donors (Lipinski definition) is 1. The highest BCUT2D eigenvalue weighted by molar-refractivity contribution is 7.09. The lowest BCUT2D eigenvalue weighted by Gasteiger charge is -2.15. The summed E-state index contributed by atoms with van der Waals surface area (Å²) >= 11 is 1.76. The van der Waals surface area contributed by atoms with E-state index in [9.17, 15) is 9.59 Å². The fraction of sp³-hybridized carbons (Fsp3) is 0.524. The van der Waals surface area contributed by atoms with Gasteiger partial charge in [0.1, 0.15) is 0 Å². The molecule has 2 rings (SSSR count). The van der Waals surface area contributed by atoms with E-state index in [1.165, 1.54) is 4.88 Å². The summed E-state index contributed by atoms with van der Waals surface area (Å²) in [6.45, 7) is 6.53. The van der Waals surface area contributed by atoms with Crippen molar-refractivity contribution in [2.75, 3.05) is 40.4 Å². The number of hydrogen-bond acceptors (Lipinski definition) is 5. The Balaban J connectivity index is 1.87. The summed E-state index contributed by atoms with van der Waals surface area (Å²) in [6.07, 6.45) is 1.74. The molecule has 1 amide bonds. The quantitative estimate of drug-likeness (QED) is 0.436. The molecule has 0 saturated carbocycles. The average molecular weight is 406 g/mol. The summed E-state index contributed by atoms with van der Waals surface area (Å²) in [6, 6.07) is 6.17. The van der Waals surface area contributed by atoms with Crippen LogP contribution in [-0.4, -0.2) is 61.6 Å². The number of nitrogens with zero attached hydrogens (tertiary/aromatic N) is 2. The van der Waals surface area contributed by atoms with Crippen molar-refractivity contribution in [2.45, 2.75) is 33.2 Å². The van der Waals surface area contributed by atoms with E-state index in [1.54, 1.807) is 30.4 Å². The number of likely N-dealkylation sites (N-methyl/N-ethyl adjacent to an activating group) is 1. The predicted octanol–water partition coefficient (Wildman–Crippen LogP) is 2.68. The number of rotatable bonds is 12. The van der Waals surface area contributed by atoms with Crippen LogP contribution in [0.5, 0.6) is 0 Å². The second-order valence-corrected chi connectivity index (χ2v) is 8.09. The van der Waals surface area contributed by atoms with Crippen molar-refractivity contribution < 1.29 is 14.3 Å². The van der Waals surface area contributed by atoms with E-state index >= 15 is 0 Å². The van der Waals surface area contributed by atoms with E-state index in [4.69, 9.17) is 4.74 Å². The minimum absolute atomic E-state index is 0.0464. The third kappa shape index (κ3) is 6.58. The zero-order valence-electron chi connectivity index (χ0n) is 17.3. The standard InChI is InChI=1S/C21H31N3O3S/c1-16-13-19(17(2)24(16)10-8-18-7-5-12-28-18)20(25)14-23(3)15-21(26)22-9-6-11-27-4/h5,7,12-13H,6,8-11,14-15H2,1-4H3,(H,22,26). The maximum absolute atomic E-state index is 12.8. The molecule has 1 N–H and O–H groups in total. The number of nitrogens with one attached hydrogen (secondary N) is 1. The van der Waals surface area contributed by atoms with Gasteiger partial charge in [0, 0.05) is 48.6 Å². The van der Waals surface area contributed by atoms with E-state index in [0.717, 1.165) is 36.3 Å². The first-order valence-electron chi connectivity index (χ1n) is 9.59. The van der Waals surface area contributed by atoms with E-state index < -0.39 is 0 Å². The van der Waals surface area contributed by atoms with Gasteiger partial charge in [0.05, 0.1) is 13.1 Å². The fourth-order valence-electron chi connectivity index (χ4n) is 3.24. The number of ether oxygens (including phenoxy) is 1. The van der Waals surface area contributed by atoms with Crippen LogP contribution in [0.4, 0.5) is 0 Å². The number of aromatic nitrogens is 1. The highest BCUT2D eigenvalue weighted by Gasteiger charge is 2.18. The molecule has 6 nitrogen and oxygen atoms in total. The molecule has 0 aromatic carbocycles. The van der Waals surface area contributed by atoms with E-state index in [0.29, 0.717) is 13.2 Å². The van der Waals surface area contributed by atoms with Gasteiger partial charge in [0.25, 0.3) is 0 Å². The Morgan fingerprint density at radius 2 is 2.07 bits per heavy atom. The van der Waals surface area contributed by atoms with Gasteiger partial charge in [-0.3, -0.25) is 14.5 Å². The Morgan fingerprint density at radius 1 is 1.29 bits per heavy atom. The van der Waals surface area contributed by atoms with Crippen molar-refractivity contribution in [3.63, 3.8) is 0 Å². The zero-order valence-corrected chi connectivity index (χ0v) is 18.1. The number of Topliss-reactive ketones (excluding diaryl/α,β-unsaturated/α-hetero) is 1. The molecule has 0 saturated heterocycles. The molecular weight excluding hydrogens is 374 g/mol. The molecule has 2 heterocycles. The largest absolute Gasteiger partial charge is 0.385 e. The Bertz CT molecular complexity index is 768. The van der Waals surface area contributed by atoms with Gasteiger partial charge >= 0.3 is 0 Å². The van der Waals surface area contributed by atoms with Gasteiger partial charge in [0.15, 0.2) is 5.78 Å². The van der Waals surface area contributed by atoms with Crippen LogP contribution in [0.1, 0.15) is 33.0 Å². The average Bonchev–Trinajstić information content (AvgIpc) is 3.25. The van der Waals surface area contributed by atoms with Crippen molar-refractivity contribution >= 4 is 23.0 Å². The molecule has 0 aliphatic rings. The van der Waals surface area contributed by atoms with Crippen molar-refractivity contribution in [3.8, 4) is 0 Å². The SMILES string of the molecule is COCCCNC(=O)CN(C)CC(=O)c1cc(C)n(CCc2cccs2)c1C. The van der Waals surface area contributed by atoms with Crippen molar-refractivity contribution in [3.05, 3.63) is 45.4 Å². The van der Waals surface area contributed by atoms with E-state index in [1.807, 2.05) is 19.9 Å². The van der Waals surface area contributed by atoms with Crippen molar-refractivity contribution in [2.24, 2.45) is 0 Å². The first kappa shape index (κ1) is 22.3. The molecular formula is C21H31N3O3S. The van der Waals surface area contributed by atoms with Crippen LogP contribution in [0.2, 0.25) is 0 Å². The topological polar surface area (TPSA) is 63.6 Å². The number of ketones is 1. The molecule has 0 bridgehead atoms. The molecule has 0 fully saturated rings. The third-order valence-corrected chi connectivity index (χ3v) is 5.65. The van der Waals surface area contributed by atoms with Crippen LogP contribution in [0.3, 0.4) is 0 Å². The molecule has 2 aromatic rings. The van der Waals surface area contributed by atoms with Gasteiger partial charge in [0.2, 0.25) is 5.91 Å². The van der Waals surface area contributed by atoms with Gasteiger partial charge in [-0.1, -0.05) is 6.07 Å². The predicted molar refractivity (Wildman–Crippen MR) is 113 cm³/mol. The van der Waals surface area contributed by atoms with Gasteiger partial charge in [-0.25, -0.2) is 0 Å². The second-order valence-electron chi connectivity index (χ2n) is 7.06. The molecule has 0 aliphatic carbocycles. The van der Waals surface area contributed by atoms with Gasteiger partial charge < -0.3 is 14.6 Å². The Morgan fingerprint density at radius 3 is 2.75 bits per heavy atom. The molecule has 0 radical (unpaired) electrons. The number of thiophene rings is 1. The number of carbonyl (C=O) groups excluding carboxylic acids is 2. The molecule has 154 valence electrons. The molecule has 7 heteroatoms. The lowest BCUT2D eigenvalue weighted by atomic mass is 10.1. The molecule has 28 heavy (non-hydrogen) atoms. The first-order valence-corrected chi connectivity index (χ1v) is 10.5. The van der Waals surface area contributed by atoms with Gasteiger partial charge in [-0.2, -0.15) is 0 Å². The van der Waals surface area contributed by atoms with Crippen LogP contribution in [0, 0.1) is 13.8 Å². The van der Waals surface area contributed by atoms with Crippen LogP contribution in [0.15, 0.2) is 23.6 Å². The first-order chi connectivity index (χ1) is 13.4. The van der Waals surface area contributed by atoms with Crippen LogP contribution < -0.4 is 5.32 Å². The zero-order chi connectivity index (χ0) is 20.5. The summed E-state index contributed by atoms with van der Waals surface area (Å²) in [4.78, 5) is 27.8. The smallest absolute Gasteiger partial charge is 0.234 e. The Labute approximate surface area is 171 Å². The minimum Gasteiger partial charge on any atom is -0.385 e. The van der Waals surface area contributed by atoms with Gasteiger partial charge in [-0.05, 0) is 51.2 Å². The molecule has 0 atom stereocenters. The minimum atomic E-state index is -0.0761. The Hall–Kier alpha value is -1.96. The summed E-state index contributed by atoms with van der Waals surface area (Å²) in [7, 11) is 3.43. The normalized spacial score (nSPS) is 11.2.